The maximum absolute atomic E-state index is 12.4. The van der Waals surface area contributed by atoms with Crippen molar-refractivity contribution in [3.05, 3.63) is 28.8 Å². The Balaban J connectivity index is 3.05. The van der Waals surface area contributed by atoms with E-state index in [-0.39, 0.29) is 5.91 Å². The fourth-order valence-electron chi connectivity index (χ4n) is 2.06. The van der Waals surface area contributed by atoms with E-state index in [9.17, 15) is 9.59 Å². The summed E-state index contributed by atoms with van der Waals surface area (Å²) in [6, 6.07) is 5.24. The molecule has 0 bridgehead atoms. The zero-order valence-corrected chi connectivity index (χ0v) is 14.2. The summed E-state index contributed by atoms with van der Waals surface area (Å²) < 4.78 is 4.79. The van der Waals surface area contributed by atoms with Gasteiger partial charge in [0.15, 0.2) is 0 Å². The van der Waals surface area contributed by atoms with Crippen LogP contribution in [-0.2, 0) is 9.53 Å². The highest BCUT2D eigenvalue weighted by Crippen LogP contribution is 2.24. The number of amides is 1. The molecule has 0 radical (unpaired) electrons. The highest BCUT2D eigenvalue weighted by Gasteiger charge is 2.35. The lowest BCUT2D eigenvalue weighted by Gasteiger charge is -2.27. The quantitative estimate of drug-likeness (QED) is 0.641. The molecule has 4 nitrogen and oxygen atoms in total. The van der Waals surface area contributed by atoms with E-state index < -0.39 is 11.5 Å². The molecule has 0 saturated heterocycles. The number of halogens is 1. The molecular weight excluding hydrogens is 310 g/mol. The monoisotopic (exact) mass is 329 g/mol. The molecular formula is C15H20ClNO3S. The number of benzene rings is 1. The highest BCUT2D eigenvalue weighted by atomic mass is 35.5. The first-order valence-corrected chi connectivity index (χ1v) is 8.22. The fraction of sp³-hybridized carbons (Fsp3) is 0.467. The van der Waals surface area contributed by atoms with Crippen LogP contribution in [0.2, 0.25) is 5.02 Å². The molecule has 1 rings (SSSR count). The van der Waals surface area contributed by atoms with E-state index in [0.29, 0.717) is 17.0 Å². The van der Waals surface area contributed by atoms with Gasteiger partial charge in [0.05, 0.1) is 17.7 Å². The van der Waals surface area contributed by atoms with Gasteiger partial charge < -0.3 is 10.1 Å². The van der Waals surface area contributed by atoms with E-state index in [1.807, 2.05) is 19.2 Å². The van der Waals surface area contributed by atoms with Crippen LogP contribution in [0.1, 0.15) is 37.0 Å². The van der Waals surface area contributed by atoms with Crippen molar-refractivity contribution in [1.82, 2.24) is 5.32 Å². The topological polar surface area (TPSA) is 55.4 Å². The summed E-state index contributed by atoms with van der Waals surface area (Å²) in [5, 5.41) is 3.10. The maximum Gasteiger partial charge on any atom is 0.331 e. The molecule has 0 spiro atoms. The second-order valence-electron chi connectivity index (χ2n) is 4.87. The van der Waals surface area contributed by atoms with Gasteiger partial charge in [0.1, 0.15) is 5.54 Å². The van der Waals surface area contributed by atoms with Crippen LogP contribution in [-0.4, -0.2) is 30.8 Å². The van der Waals surface area contributed by atoms with Gasteiger partial charge in [-0.05, 0) is 37.8 Å². The van der Waals surface area contributed by atoms with Gasteiger partial charge in [-0.1, -0.05) is 24.9 Å². The van der Waals surface area contributed by atoms with Gasteiger partial charge in [0, 0.05) is 4.90 Å². The largest absolute Gasteiger partial charge is 0.467 e. The van der Waals surface area contributed by atoms with Gasteiger partial charge in [-0.25, -0.2) is 4.79 Å². The number of carbonyl (C=O) groups excluding carboxylic acids is 2. The number of carbonyl (C=O) groups is 2. The number of esters is 1. The molecule has 116 valence electrons. The Morgan fingerprint density at radius 3 is 2.62 bits per heavy atom. The molecule has 0 aliphatic heterocycles. The second kappa shape index (κ2) is 7.71. The van der Waals surface area contributed by atoms with Crippen molar-refractivity contribution in [2.75, 3.05) is 13.4 Å². The minimum Gasteiger partial charge on any atom is -0.467 e. The van der Waals surface area contributed by atoms with Crippen molar-refractivity contribution in [3.8, 4) is 0 Å². The molecule has 6 heteroatoms. The zero-order valence-electron chi connectivity index (χ0n) is 12.7. The van der Waals surface area contributed by atoms with Crippen molar-refractivity contribution in [2.45, 2.75) is 37.1 Å². The van der Waals surface area contributed by atoms with Crippen molar-refractivity contribution < 1.29 is 14.3 Å². The fourth-order valence-corrected chi connectivity index (χ4v) is 2.71. The molecule has 1 N–H and O–H groups in total. The smallest absolute Gasteiger partial charge is 0.331 e. The average Bonchev–Trinajstić information content (AvgIpc) is 2.46. The lowest BCUT2D eigenvalue weighted by Crippen LogP contribution is -2.52. The zero-order chi connectivity index (χ0) is 16.0. The Labute approximate surface area is 134 Å². The van der Waals surface area contributed by atoms with Crippen LogP contribution >= 0.6 is 23.4 Å². The lowest BCUT2D eigenvalue weighted by atomic mass is 9.95. The van der Waals surface area contributed by atoms with E-state index in [1.165, 1.54) is 18.9 Å². The van der Waals surface area contributed by atoms with Crippen molar-refractivity contribution in [3.63, 3.8) is 0 Å². The summed E-state index contributed by atoms with van der Waals surface area (Å²) in [6.07, 6.45) is 3.15. The van der Waals surface area contributed by atoms with Gasteiger partial charge in [0.25, 0.3) is 5.91 Å². The van der Waals surface area contributed by atoms with Crippen LogP contribution in [0.5, 0.6) is 0 Å². The molecule has 1 amide bonds. The third-order valence-corrected chi connectivity index (χ3v) is 4.25. The summed E-state index contributed by atoms with van der Waals surface area (Å²) >= 11 is 7.60. The third-order valence-electron chi connectivity index (χ3n) is 3.19. The molecule has 0 aliphatic rings. The van der Waals surface area contributed by atoms with Crippen LogP contribution in [0.3, 0.4) is 0 Å². The first-order valence-electron chi connectivity index (χ1n) is 6.62. The molecule has 1 aromatic rings. The normalized spacial score (nSPS) is 13.4. The second-order valence-corrected chi connectivity index (χ2v) is 6.16. The Kier molecular flexibility index (Phi) is 6.55. The standard InChI is InChI=1S/C15H20ClNO3S/c1-5-8-15(2,14(19)20-3)17-13(18)11-9-10(21-4)6-7-12(11)16/h6-7,9H,5,8H2,1-4H3,(H,17,18). The molecule has 21 heavy (non-hydrogen) atoms. The first-order chi connectivity index (χ1) is 9.87. The van der Waals surface area contributed by atoms with E-state index in [0.717, 1.165) is 11.3 Å². The number of ether oxygens (including phenoxy) is 1. The minimum absolute atomic E-state index is 0.356. The van der Waals surface area contributed by atoms with E-state index >= 15 is 0 Å². The number of methoxy groups -OCH3 is 1. The molecule has 1 aromatic carbocycles. The molecule has 0 fully saturated rings. The summed E-state index contributed by atoms with van der Waals surface area (Å²) in [7, 11) is 1.31. The molecule has 0 heterocycles. The van der Waals surface area contributed by atoms with Crippen LogP contribution in [0.15, 0.2) is 23.1 Å². The SMILES string of the molecule is CCCC(C)(NC(=O)c1cc(SC)ccc1Cl)C(=O)OC. The number of rotatable bonds is 6. The van der Waals surface area contributed by atoms with E-state index in [1.54, 1.807) is 19.1 Å². The number of hydrogen-bond donors (Lipinski definition) is 1. The number of thioether (sulfide) groups is 1. The predicted octanol–water partition coefficient (Wildman–Crippen LogP) is 3.52. The van der Waals surface area contributed by atoms with Crippen molar-refractivity contribution in [2.24, 2.45) is 0 Å². The highest BCUT2D eigenvalue weighted by molar-refractivity contribution is 7.98. The maximum atomic E-state index is 12.4. The van der Waals surface area contributed by atoms with Gasteiger partial charge in [-0.3, -0.25) is 4.79 Å². The number of nitrogens with one attached hydrogen (secondary N) is 1. The van der Waals surface area contributed by atoms with Gasteiger partial charge in [-0.2, -0.15) is 0 Å². The summed E-state index contributed by atoms with van der Waals surface area (Å²) in [5.41, 5.74) is -0.700. The van der Waals surface area contributed by atoms with Crippen LogP contribution in [0.4, 0.5) is 0 Å². The lowest BCUT2D eigenvalue weighted by molar-refractivity contribution is -0.147. The molecule has 1 atom stereocenters. The predicted molar refractivity (Wildman–Crippen MR) is 86.0 cm³/mol. The van der Waals surface area contributed by atoms with Crippen LogP contribution < -0.4 is 5.32 Å². The summed E-state index contributed by atoms with van der Waals surface area (Å²) in [4.78, 5) is 25.3. The minimum atomic E-state index is -1.06. The van der Waals surface area contributed by atoms with Crippen molar-refractivity contribution >= 4 is 35.2 Å². The summed E-state index contributed by atoms with van der Waals surface area (Å²) in [6.45, 7) is 3.60. The van der Waals surface area contributed by atoms with Crippen LogP contribution in [0, 0.1) is 0 Å². The van der Waals surface area contributed by atoms with Gasteiger partial charge >= 0.3 is 5.97 Å². The summed E-state index contributed by atoms with van der Waals surface area (Å²) in [5.74, 6) is -0.841. The Morgan fingerprint density at radius 1 is 1.43 bits per heavy atom. The molecule has 1 unspecified atom stereocenters. The average molecular weight is 330 g/mol. The Hall–Kier alpha value is -1.20. The van der Waals surface area contributed by atoms with Crippen molar-refractivity contribution in [1.29, 1.82) is 0 Å². The number of hydrogen-bond acceptors (Lipinski definition) is 4. The Bertz CT molecular complexity index is 536. The Morgan fingerprint density at radius 2 is 2.10 bits per heavy atom. The molecule has 0 aromatic heterocycles. The van der Waals surface area contributed by atoms with E-state index in [2.05, 4.69) is 5.32 Å². The van der Waals surface area contributed by atoms with E-state index in [4.69, 9.17) is 16.3 Å². The third kappa shape index (κ3) is 4.38. The van der Waals surface area contributed by atoms with Crippen LogP contribution in [0.25, 0.3) is 0 Å². The first kappa shape index (κ1) is 17.9. The molecule has 0 aliphatic carbocycles. The van der Waals surface area contributed by atoms with Gasteiger partial charge in [0.2, 0.25) is 0 Å². The van der Waals surface area contributed by atoms with Gasteiger partial charge in [-0.15, -0.1) is 11.8 Å². The molecule has 0 saturated carbocycles.